The standard InChI is InChI=1S/C14H10F3O/c1-18-13-9-5-3-7-11(13)10-6-2-4-8-12(10)14(15,16)17/h2-7,9H,1H3. The molecule has 0 spiro atoms. The zero-order valence-electron chi connectivity index (χ0n) is 9.58. The molecule has 0 aliphatic carbocycles. The molecule has 0 fully saturated rings. The summed E-state index contributed by atoms with van der Waals surface area (Å²) >= 11 is 0. The van der Waals surface area contributed by atoms with Crippen molar-refractivity contribution in [2.75, 3.05) is 7.11 Å². The molecular formula is C14H10F3O. The Morgan fingerprint density at radius 2 is 1.67 bits per heavy atom. The number of hydrogen-bond acceptors (Lipinski definition) is 1. The molecule has 2 aromatic rings. The molecule has 1 radical (unpaired) electrons. The maximum atomic E-state index is 12.9. The third kappa shape index (κ3) is 2.32. The molecule has 93 valence electrons. The van der Waals surface area contributed by atoms with Gasteiger partial charge in [0.1, 0.15) is 5.75 Å². The molecule has 0 saturated carbocycles. The summed E-state index contributed by atoms with van der Waals surface area (Å²) in [6.45, 7) is 0. The molecule has 0 amide bonds. The lowest BCUT2D eigenvalue weighted by Crippen LogP contribution is -2.07. The first kappa shape index (κ1) is 12.5. The van der Waals surface area contributed by atoms with Gasteiger partial charge < -0.3 is 4.74 Å². The number of benzene rings is 2. The number of rotatable bonds is 2. The van der Waals surface area contributed by atoms with E-state index in [0.717, 1.165) is 0 Å². The van der Waals surface area contributed by atoms with Crippen molar-refractivity contribution in [3.8, 4) is 16.9 Å². The molecule has 0 aromatic heterocycles. The van der Waals surface area contributed by atoms with Gasteiger partial charge in [-0.2, -0.15) is 13.2 Å². The Morgan fingerprint density at radius 3 is 2.33 bits per heavy atom. The Labute approximate surface area is 103 Å². The minimum atomic E-state index is -4.43. The predicted molar refractivity (Wildman–Crippen MR) is 62.3 cm³/mol. The van der Waals surface area contributed by atoms with Crippen molar-refractivity contribution in [1.82, 2.24) is 0 Å². The number of para-hydroxylation sites is 1. The van der Waals surface area contributed by atoms with E-state index in [-0.39, 0.29) is 5.56 Å². The van der Waals surface area contributed by atoms with Gasteiger partial charge in [0, 0.05) is 5.56 Å². The van der Waals surface area contributed by atoms with Crippen molar-refractivity contribution in [3.63, 3.8) is 0 Å². The van der Waals surface area contributed by atoms with Gasteiger partial charge in [0.2, 0.25) is 0 Å². The molecule has 0 saturated heterocycles. The van der Waals surface area contributed by atoms with Crippen LogP contribution in [-0.4, -0.2) is 7.11 Å². The van der Waals surface area contributed by atoms with E-state index in [0.29, 0.717) is 11.3 Å². The summed E-state index contributed by atoms with van der Waals surface area (Å²) < 4.78 is 43.8. The maximum absolute atomic E-state index is 12.9. The second-order valence-corrected chi connectivity index (χ2v) is 3.66. The number of hydrogen-bond donors (Lipinski definition) is 0. The summed E-state index contributed by atoms with van der Waals surface area (Å²) in [5, 5.41) is 0. The van der Waals surface area contributed by atoms with E-state index in [1.807, 2.05) is 0 Å². The number of alkyl halides is 3. The highest BCUT2D eigenvalue weighted by Gasteiger charge is 2.34. The first-order valence-electron chi connectivity index (χ1n) is 5.25. The van der Waals surface area contributed by atoms with Crippen molar-refractivity contribution in [2.45, 2.75) is 6.18 Å². The van der Waals surface area contributed by atoms with Gasteiger partial charge in [-0.15, -0.1) is 0 Å². The van der Waals surface area contributed by atoms with Crippen LogP contribution in [0.25, 0.3) is 11.1 Å². The van der Waals surface area contributed by atoms with Crippen LogP contribution < -0.4 is 4.74 Å². The fourth-order valence-corrected chi connectivity index (χ4v) is 1.76. The summed E-state index contributed by atoms with van der Waals surface area (Å²) in [5.41, 5.74) is -0.305. The lowest BCUT2D eigenvalue weighted by Gasteiger charge is -2.14. The van der Waals surface area contributed by atoms with Gasteiger partial charge in [-0.1, -0.05) is 36.4 Å². The molecule has 0 heterocycles. The first-order valence-corrected chi connectivity index (χ1v) is 5.25. The van der Waals surface area contributed by atoms with E-state index in [2.05, 4.69) is 6.07 Å². The Bertz CT molecular complexity index is 547. The number of methoxy groups -OCH3 is 1. The predicted octanol–water partition coefficient (Wildman–Crippen LogP) is 4.18. The normalized spacial score (nSPS) is 11.3. The smallest absolute Gasteiger partial charge is 0.417 e. The summed E-state index contributed by atoms with van der Waals surface area (Å²) in [4.78, 5) is 0. The van der Waals surface area contributed by atoms with Crippen LogP contribution in [0.15, 0.2) is 42.5 Å². The lowest BCUT2D eigenvalue weighted by molar-refractivity contribution is -0.137. The molecule has 0 aliphatic heterocycles. The van der Waals surface area contributed by atoms with Gasteiger partial charge in [0.05, 0.1) is 12.7 Å². The minimum absolute atomic E-state index is 0.0717. The fraction of sp³-hybridized carbons (Fsp3) is 0.143. The van der Waals surface area contributed by atoms with Gasteiger partial charge in [0.25, 0.3) is 0 Å². The van der Waals surface area contributed by atoms with Crippen LogP contribution >= 0.6 is 0 Å². The van der Waals surface area contributed by atoms with Crippen LogP contribution in [0.3, 0.4) is 0 Å². The molecule has 2 aromatic carbocycles. The second kappa shape index (κ2) is 4.72. The highest BCUT2D eigenvalue weighted by Crippen LogP contribution is 2.39. The molecular weight excluding hydrogens is 241 g/mol. The molecule has 0 atom stereocenters. The van der Waals surface area contributed by atoms with Crippen LogP contribution in [-0.2, 0) is 6.18 Å². The Hall–Kier alpha value is -1.97. The van der Waals surface area contributed by atoms with Crippen LogP contribution in [0.5, 0.6) is 5.75 Å². The van der Waals surface area contributed by atoms with Crippen molar-refractivity contribution >= 4 is 0 Å². The summed E-state index contributed by atoms with van der Waals surface area (Å²) in [6.07, 6.45) is -4.43. The van der Waals surface area contributed by atoms with E-state index in [1.54, 1.807) is 24.3 Å². The molecule has 0 N–H and O–H groups in total. The Balaban J connectivity index is 2.65. The van der Waals surface area contributed by atoms with E-state index >= 15 is 0 Å². The molecule has 0 aliphatic rings. The topological polar surface area (TPSA) is 9.23 Å². The zero-order chi connectivity index (χ0) is 13.2. The van der Waals surface area contributed by atoms with Gasteiger partial charge in [-0.25, -0.2) is 0 Å². The number of ether oxygens (including phenoxy) is 1. The summed E-state index contributed by atoms with van der Waals surface area (Å²) in [6, 6.07) is 13.0. The van der Waals surface area contributed by atoms with Gasteiger partial charge in [-0.3, -0.25) is 0 Å². The Morgan fingerprint density at radius 1 is 1.00 bits per heavy atom. The monoisotopic (exact) mass is 251 g/mol. The SMILES string of the molecule is COc1ccccc1-c1ccc[c]c1C(F)(F)F. The third-order valence-electron chi connectivity index (χ3n) is 2.54. The first-order chi connectivity index (χ1) is 8.54. The summed E-state index contributed by atoms with van der Waals surface area (Å²) in [7, 11) is 1.43. The molecule has 0 bridgehead atoms. The van der Waals surface area contributed by atoms with Gasteiger partial charge in [0.15, 0.2) is 0 Å². The van der Waals surface area contributed by atoms with Crippen LogP contribution in [0, 0.1) is 6.07 Å². The van der Waals surface area contributed by atoms with Crippen molar-refractivity contribution in [3.05, 3.63) is 54.1 Å². The highest BCUT2D eigenvalue weighted by molar-refractivity contribution is 5.73. The van der Waals surface area contributed by atoms with E-state index in [4.69, 9.17) is 4.74 Å². The van der Waals surface area contributed by atoms with Crippen LogP contribution in [0.2, 0.25) is 0 Å². The minimum Gasteiger partial charge on any atom is -0.496 e. The van der Waals surface area contributed by atoms with Crippen molar-refractivity contribution in [2.24, 2.45) is 0 Å². The van der Waals surface area contributed by atoms with Crippen molar-refractivity contribution in [1.29, 1.82) is 0 Å². The average molecular weight is 251 g/mol. The van der Waals surface area contributed by atoms with E-state index in [9.17, 15) is 13.2 Å². The van der Waals surface area contributed by atoms with Gasteiger partial charge in [-0.05, 0) is 17.7 Å². The second-order valence-electron chi connectivity index (χ2n) is 3.66. The maximum Gasteiger partial charge on any atom is 0.417 e. The fourth-order valence-electron chi connectivity index (χ4n) is 1.76. The largest absolute Gasteiger partial charge is 0.496 e. The van der Waals surface area contributed by atoms with Crippen LogP contribution in [0.4, 0.5) is 13.2 Å². The van der Waals surface area contributed by atoms with E-state index in [1.165, 1.54) is 25.3 Å². The van der Waals surface area contributed by atoms with Gasteiger partial charge >= 0.3 is 6.18 Å². The molecule has 4 heteroatoms. The molecule has 2 rings (SSSR count). The lowest BCUT2D eigenvalue weighted by atomic mass is 9.98. The average Bonchev–Trinajstić information content (AvgIpc) is 2.37. The Kier molecular flexibility index (Phi) is 3.28. The highest BCUT2D eigenvalue weighted by atomic mass is 19.4. The van der Waals surface area contributed by atoms with E-state index < -0.39 is 11.7 Å². The molecule has 18 heavy (non-hydrogen) atoms. The van der Waals surface area contributed by atoms with Crippen LogP contribution in [0.1, 0.15) is 5.56 Å². The number of halogens is 3. The zero-order valence-corrected chi connectivity index (χ0v) is 9.58. The molecule has 0 unspecified atom stereocenters. The summed E-state index contributed by atoms with van der Waals surface area (Å²) in [5.74, 6) is 0.405. The quantitative estimate of drug-likeness (QED) is 0.778. The third-order valence-corrected chi connectivity index (χ3v) is 2.54. The van der Waals surface area contributed by atoms with Crippen molar-refractivity contribution < 1.29 is 17.9 Å². The molecule has 1 nitrogen and oxygen atoms in total.